The SMILES string of the molecule is S=c1[nH]nc(-c2ccncc2)n1-c1ccc(Br)cc1Br. The lowest BCUT2D eigenvalue weighted by Crippen LogP contribution is -1.99. The van der Waals surface area contributed by atoms with Gasteiger partial charge in [-0.15, -0.1) is 0 Å². The summed E-state index contributed by atoms with van der Waals surface area (Å²) in [7, 11) is 0. The van der Waals surface area contributed by atoms with Crippen LogP contribution in [0.3, 0.4) is 0 Å². The average molecular weight is 412 g/mol. The van der Waals surface area contributed by atoms with Gasteiger partial charge in [0.25, 0.3) is 0 Å². The smallest absolute Gasteiger partial charge is 0.200 e. The summed E-state index contributed by atoms with van der Waals surface area (Å²) in [5, 5.41) is 7.15. The maximum Gasteiger partial charge on any atom is 0.200 e. The van der Waals surface area contributed by atoms with E-state index in [2.05, 4.69) is 47.0 Å². The number of rotatable bonds is 2. The lowest BCUT2D eigenvalue weighted by Gasteiger charge is -2.09. The average Bonchev–Trinajstić information content (AvgIpc) is 2.82. The molecule has 0 spiro atoms. The lowest BCUT2D eigenvalue weighted by molar-refractivity contribution is 1.03. The molecule has 0 saturated heterocycles. The van der Waals surface area contributed by atoms with E-state index >= 15 is 0 Å². The highest BCUT2D eigenvalue weighted by atomic mass is 79.9. The number of nitrogens with one attached hydrogen (secondary N) is 1. The third-order valence-corrected chi connectivity index (χ3v) is 4.16. The van der Waals surface area contributed by atoms with Gasteiger partial charge in [0.05, 0.1) is 5.69 Å². The zero-order valence-corrected chi connectivity index (χ0v) is 14.0. The van der Waals surface area contributed by atoms with Gasteiger partial charge in [-0.1, -0.05) is 15.9 Å². The molecule has 0 atom stereocenters. The summed E-state index contributed by atoms with van der Waals surface area (Å²) in [5.41, 5.74) is 1.88. The third-order valence-electron chi connectivity index (χ3n) is 2.76. The Bertz CT molecular complexity index is 811. The molecule has 100 valence electrons. The molecule has 0 aliphatic carbocycles. The minimum Gasteiger partial charge on any atom is -0.267 e. The first-order chi connectivity index (χ1) is 9.66. The van der Waals surface area contributed by atoms with E-state index in [1.165, 1.54) is 0 Å². The van der Waals surface area contributed by atoms with Gasteiger partial charge in [0.1, 0.15) is 0 Å². The molecule has 0 saturated carbocycles. The van der Waals surface area contributed by atoms with E-state index < -0.39 is 0 Å². The number of pyridine rings is 1. The summed E-state index contributed by atoms with van der Waals surface area (Å²) in [6.07, 6.45) is 3.46. The Kier molecular flexibility index (Phi) is 3.82. The van der Waals surface area contributed by atoms with Gasteiger partial charge in [-0.05, 0) is 58.5 Å². The summed E-state index contributed by atoms with van der Waals surface area (Å²) in [6, 6.07) is 9.71. The van der Waals surface area contributed by atoms with Crippen LogP contribution in [-0.2, 0) is 0 Å². The van der Waals surface area contributed by atoms with Crippen LogP contribution in [0.4, 0.5) is 0 Å². The van der Waals surface area contributed by atoms with Gasteiger partial charge in [-0.25, -0.2) is 0 Å². The fourth-order valence-corrected chi connectivity index (χ4v) is 3.33. The highest BCUT2D eigenvalue weighted by molar-refractivity contribution is 9.11. The molecule has 0 aliphatic heterocycles. The van der Waals surface area contributed by atoms with Crippen molar-refractivity contribution in [1.29, 1.82) is 0 Å². The first-order valence-electron chi connectivity index (χ1n) is 5.70. The van der Waals surface area contributed by atoms with Crippen LogP contribution in [0.15, 0.2) is 51.7 Å². The number of hydrogen-bond donors (Lipinski definition) is 1. The van der Waals surface area contributed by atoms with Crippen LogP contribution in [0.25, 0.3) is 17.1 Å². The van der Waals surface area contributed by atoms with Gasteiger partial charge >= 0.3 is 0 Å². The van der Waals surface area contributed by atoms with Crippen molar-refractivity contribution in [2.75, 3.05) is 0 Å². The van der Waals surface area contributed by atoms with Crippen LogP contribution in [0.2, 0.25) is 0 Å². The van der Waals surface area contributed by atoms with Crippen molar-refractivity contribution in [1.82, 2.24) is 19.7 Å². The Balaban J connectivity index is 2.25. The maximum absolute atomic E-state index is 5.34. The van der Waals surface area contributed by atoms with Crippen LogP contribution in [0.1, 0.15) is 0 Å². The van der Waals surface area contributed by atoms with E-state index in [0.717, 1.165) is 26.0 Å². The van der Waals surface area contributed by atoms with Crippen LogP contribution >= 0.6 is 44.1 Å². The molecule has 4 nitrogen and oxygen atoms in total. The molecule has 0 bridgehead atoms. The van der Waals surface area contributed by atoms with Crippen molar-refractivity contribution in [2.45, 2.75) is 0 Å². The van der Waals surface area contributed by atoms with Gasteiger partial charge in [0.2, 0.25) is 0 Å². The predicted octanol–water partition coefficient (Wildman–Crippen LogP) is 4.52. The molecule has 0 amide bonds. The molecule has 0 aliphatic rings. The van der Waals surface area contributed by atoms with Crippen molar-refractivity contribution in [3.8, 4) is 17.1 Å². The number of nitrogens with zero attached hydrogens (tertiary/aromatic N) is 3. The fourth-order valence-electron chi connectivity index (χ4n) is 1.88. The van der Waals surface area contributed by atoms with Crippen molar-refractivity contribution in [2.24, 2.45) is 0 Å². The zero-order chi connectivity index (χ0) is 14.1. The van der Waals surface area contributed by atoms with Crippen molar-refractivity contribution in [3.63, 3.8) is 0 Å². The molecule has 2 heterocycles. The highest BCUT2D eigenvalue weighted by Crippen LogP contribution is 2.28. The standard InChI is InChI=1S/C13H8Br2N4S/c14-9-1-2-11(10(15)7-9)19-12(17-18-13(19)20)8-3-5-16-6-4-8/h1-7H,(H,18,20). The molecule has 0 fully saturated rings. The Labute approximate surface area is 137 Å². The van der Waals surface area contributed by atoms with E-state index in [-0.39, 0.29) is 0 Å². The molecule has 7 heteroatoms. The normalized spacial score (nSPS) is 10.7. The molecule has 3 rings (SSSR count). The van der Waals surface area contributed by atoms with Crippen molar-refractivity contribution >= 4 is 44.1 Å². The maximum atomic E-state index is 5.34. The third kappa shape index (κ3) is 2.48. The first-order valence-corrected chi connectivity index (χ1v) is 7.69. The topological polar surface area (TPSA) is 46.5 Å². The second kappa shape index (κ2) is 5.59. The van der Waals surface area contributed by atoms with Crippen LogP contribution in [0, 0.1) is 4.77 Å². The Hall–Kier alpha value is -1.31. The number of aromatic amines is 1. The summed E-state index contributed by atoms with van der Waals surface area (Å²) in [6.45, 7) is 0. The minimum atomic E-state index is 0.542. The lowest BCUT2D eigenvalue weighted by atomic mass is 10.2. The molecule has 0 unspecified atom stereocenters. The summed E-state index contributed by atoms with van der Waals surface area (Å²) in [5.74, 6) is 0.750. The number of benzene rings is 1. The quantitative estimate of drug-likeness (QED) is 0.630. The van der Waals surface area contributed by atoms with Crippen molar-refractivity contribution in [3.05, 3.63) is 56.4 Å². The number of hydrogen-bond acceptors (Lipinski definition) is 3. The Morgan fingerprint density at radius 3 is 2.55 bits per heavy atom. The minimum absolute atomic E-state index is 0.542. The second-order valence-corrected chi connectivity index (χ2v) is 6.18. The van der Waals surface area contributed by atoms with Gasteiger partial charge in [-0.3, -0.25) is 14.6 Å². The first kappa shape index (κ1) is 13.7. The van der Waals surface area contributed by atoms with E-state index in [9.17, 15) is 0 Å². The zero-order valence-electron chi connectivity index (χ0n) is 10.0. The van der Waals surface area contributed by atoms with Gasteiger partial charge in [-0.2, -0.15) is 5.10 Å². The Morgan fingerprint density at radius 1 is 1.10 bits per heavy atom. The van der Waals surface area contributed by atoms with E-state index in [1.54, 1.807) is 12.4 Å². The highest BCUT2D eigenvalue weighted by Gasteiger charge is 2.13. The Morgan fingerprint density at radius 2 is 1.85 bits per heavy atom. The van der Waals surface area contributed by atoms with E-state index in [4.69, 9.17) is 12.2 Å². The molecular weight excluding hydrogens is 404 g/mol. The van der Waals surface area contributed by atoms with Gasteiger partial charge in [0, 0.05) is 26.9 Å². The predicted molar refractivity (Wildman–Crippen MR) is 87.4 cm³/mol. The molecule has 1 N–H and O–H groups in total. The summed E-state index contributed by atoms with van der Waals surface area (Å²) in [4.78, 5) is 4.02. The van der Waals surface area contributed by atoms with Crippen LogP contribution < -0.4 is 0 Å². The number of H-pyrrole nitrogens is 1. The molecular formula is C13H8Br2N4S. The molecule has 20 heavy (non-hydrogen) atoms. The van der Waals surface area contributed by atoms with Gasteiger partial charge in [0.15, 0.2) is 10.6 Å². The number of halogens is 2. The van der Waals surface area contributed by atoms with E-state index in [0.29, 0.717) is 4.77 Å². The molecule has 3 aromatic rings. The monoisotopic (exact) mass is 410 g/mol. The van der Waals surface area contributed by atoms with Gasteiger partial charge < -0.3 is 0 Å². The van der Waals surface area contributed by atoms with Crippen LogP contribution in [-0.4, -0.2) is 19.7 Å². The second-order valence-electron chi connectivity index (χ2n) is 4.02. The van der Waals surface area contributed by atoms with E-state index in [1.807, 2.05) is 34.9 Å². The van der Waals surface area contributed by atoms with Crippen molar-refractivity contribution < 1.29 is 0 Å². The summed E-state index contributed by atoms with van der Waals surface area (Å²) < 4.78 is 4.36. The largest absolute Gasteiger partial charge is 0.267 e. The molecule has 1 aromatic carbocycles. The molecule has 2 aromatic heterocycles. The summed E-state index contributed by atoms with van der Waals surface area (Å²) >= 11 is 12.3. The number of aromatic nitrogens is 4. The molecule has 0 radical (unpaired) electrons. The van der Waals surface area contributed by atoms with Crippen LogP contribution in [0.5, 0.6) is 0 Å². The fraction of sp³-hybridized carbons (Fsp3) is 0.